The van der Waals surface area contributed by atoms with E-state index in [-0.39, 0.29) is 5.91 Å². The summed E-state index contributed by atoms with van der Waals surface area (Å²) in [5.41, 5.74) is 3.24. The van der Waals surface area contributed by atoms with E-state index in [4.69, 9.17) is 0 Å². The average Bonchev–Trinajstić information content (AvgIpc) is 1.27. The zero-order chi connectivity index (χ0) is 5.86. The third-order valence-corrected chi connectivity index (χ3v) is 0.636. The Morgan fingerprint density at radius 2 is 2.14 bits per heavy atom. The van der Waals surface area contributed by atoms with Gasteiger partial charge in [0.05, 0.1) is 6.42 Å². The Balaban J connectivity index is 3.13. The minimum absolute atomic E-state index is 0.0370. The summed E-state index contributed by atoms with van der Waals surface area (Å²) in [5.74, 6) is 0.500. The molecule has 0 spiro atoms. The maximum atomic E-state index is 10.1. The minimum Gasteiger partial charge on any atom is -0.295 e. The Labute approximate surface area is 43.7 Å². The first-order valence-electron chi connectivity index (χ1n) is 2.47. The molecular weight excluding hydrogens is 90.1 g/mol. The van der Waals surface area contributed by atoms with Gasteiger partial charge in [-0.1, -0.05) is 13.8 Å². The lowest BCUT2D eigenvalue weighted by molar-refractivity contribution is -0.306. The van der Waals surface area contributed by atoms with Gasteiger partial charge in [-0.2, -0.15) is 0 Å². The van der Waals surface area contributed by atoms with Crippen LogP contribution < -0.4 is 5.73 Å². The van der Waals surface area contributed by atoms with Crippen molar-refractivity contribution in [2.75, 3.05) is 0 Å². The van der Waals surface area contributed by atoms with Gasteiger partial charge in [0.1, 0.15) is 0 Å². The molecule has 1 amide bonds. The van der Waals surface area contributed by atoms with Crippen molar-refractivity contribution in [1.29, 1.82) is 0 Å². The van der Waals surface area contributed by atoms with Crippen molar-refractivity contribution in [3.63, 3.8) is 0 Å². The van der Waals surface area contributed by atoms with Crippen LogP contribution in [0.1, 0.15) is 20.3 Å². The van der Waals surface area contributed by atoms with Gasteiger partial charge in [0.2, 0.25) is 0 Å². The van der Waals surface area contributed by atoms with Gasteiger partial charge in [-0.25, -0.2) is 4.79 Å². The van der Waals surface area contributed by atoms with Crippen LogP contribution in [-0.2, 0) is 4.79 Å². The molecular formula is C5H12NO+. The topological polar surface area (TPSA) is 44.7 Å². The van der Waals surface area contributed by atoms with E-state index in [0.717, 1.165) is 0 Å². The Bertz CT molecular complexity index is 68.5. The van der Waals surface area contributed by atoms with Crippen molar-refractivity contribution < 1.29 is 10.5 Å². The second-order valence-electron chi connectivity index (χ2n) is 2.14. The summed E-state index contributed by atoms with van der Waals surface area (Å²) in [6.45, 7) is 4.01. The zero-order valence-corrected chi connectivity index (χ0v) is 4.90. The lowest BCUT2D eigenvalue weighted by Crippen LogP contribution is -2.57. The van der Waals surface area contributed by atoms with Crippen LogP contribution in [-0.4, -0.2) is 5.91 Å². The van der Waals surface area contributed by atoms with Gasteiger partial charge in [-0.3, -0.25) is 5.73 Å². The Kier molecular flexibility index (Phi) is 2.60. The first-order valence-corrected chi connectivity index (χ1v) is 2.47. The molecule has 0 aliphatic carbocycles. The molecule has 0 saturated heterocycles. The molecule has 0 saturated carbocycles. The average molecular weight is 102 g/mol. The fraction of sp³-hybridized carbons (Fsp3) is 0.800. The first-order chi connectivity index (χ1) is 3.13. The zero-order valence-electron chi connectivity index (χ0n) is 4.90. The molecule has 2 nitrogen and oxygen atoms in total. The highest BCUT2D eigenvalue weighted by Gasteiger charge is 2.00. The molecule has 2 heteroatoms. The van der Waals surface area contributed by atoms with Gasteiger partial charge in [0, 0.05) is 0 Å². The molecule has 0 fully saturated rings. The number of carbonyl (C=O) groups is 1. The molecule has 0 aromatic heterocycles. The van der Waals surface area contributed by atoms with Crippen LogP contribution in [0.15, 0.2) is 0 Å². The Morgan fingerprint density at radius 1 is 1.71 bits per heavy atom. The molecule has 3 N–H and O–H groups in total. The van der Waals surface area contributed by atoms with Crippen molar-refractivity contribution in [2.45, 2.75) is 20.3 Å². The Hall–Kier alpha value is -0.370. The van der Waals surface area contributed by atoms with E-state index in [1.54, 1.807) is 0 Å². The predicted molar refractivity (Wildman–Crippen MR) is 27.4 cm³/mol. The summed E-state index contributed by atoms with van der Waals surface area (Å²) >= 11 is 0. The van der Waals surface area contributed by atoms with Gasteiger partial charge in [-0.05, 0) is 5.92 Å². The molecule has 0 rings (SSSR count). The summed E-state index contributed by atoms with van der Waals surface area (Å²) < 4.78 is 0. The quantitative estimate of drug-likeness (QED) is 0.515. The van der Waals surface area contributed by atoms with Crippen LogP contribution in [0.3, 0.4) is 0 Å². The SMILES string of the molecule is CC(C)CC([NH3+])=O. The van der Waals surface area contributed by atoms with E-state index in [1.807, 2.05) is 13.8 Å². The molecule has 7 heavy (non-hydrogen) atoms. The number of hydrogen-bond donors (Lipinski definition) is 1. The number of carbonyl (C=O) groups excluding carboxylic acids is 1. The maximum Gasteiger partial charge on any atom is 0.309 e. The maximum absolute atomic E-state index is 10.1. The fourth-order valence-electron chi connectivity index (χ4n) is 0.455. The number of rotatable bonds is 2. The van der Waals surface area contributed by atoms with E-state index in [1.165, 1.54) is 0 Å². The van der Waals surface area contributed by atoms with Crippen molar-refractivity contribution in [3.05, 3.63) is 0 Å². The van der Waals surface area contributed by atoms with Crippen LogP contribution in [0.5, 0.6) is 0 Å². The molecule has 0 bridgehead atoms. The highest BCUT2D eigenvalue weighted by atomic mass is 16.1. The lowest BCUT2D eigenvalue weighted by atomic mass is 10.1. The van der Waals surface area contributed by atoms with E-state index >= 15 is 0 Å². The lowest BCUT2D eigenvalue weighted by Gasteiger charge is -1.92. The molecule has 0 aliphatic heterocycles. The van der Waals surface area contributed by atoms with E-state index in [0.29, 0.717) is 12.3 Å². The highest BCUT2D eigenvalue weighted by molar-refractivity contribution is 5.64. The fourth-order valence-corrected chi connectivity index (χ4v) is 0.455. The van der Waals surface area contributed by atoms with Gasteiger partial charge in [0.25, 0.3) is 0 Å². The van der Waals surface area contributed by atoms with E-state index < -0.39 is 0 Å². The second kappa shape index (κ2) is 2.75. The molecule has 42 valence electrons. The monoisotopic (exact) mass is 102 g/mol. The molecule has 0 heterocycles. The van der Waals surface area contributed by atoms with E-state index in [2.05, 4.69) is 5.73 Å². The molecule has 0 aromatic rings. The first kappa shape index (κ1) is 6.63. The van der Waals surface area contributed by atoms with Crippen molar-refractivity contribution in [1.82, 2.24) is 0 Å². The smallest absolute Gasteiger partial charge is 0.295 e. The van der Waals surface area contributed by atoms with Gasteiger partial charge in [0.15, 0.2) is 0 Å². The number of hydrogen-bond acceptors (Lipinski definition) is 1. The van der Waals surface area contributed by atoms with Crippen molar-refractivity contribution in [3.8, 4) is 0 Å². The predicted octanol–water partition coefficient (Wildman–Crippen LogP) is -0.199. The Morgan fingerprint density at radius 3 is 2.14 bits per heavy atom. The molecule has 0 aliphatic rings. The standard InChI is InChI=1S/C5H11NO/c1-4(2)3-5(6)7/h4H,3H2,1-2H3,(H2,6,7)/p+1. The summed E-state index contributed by atoms with van der Waals surface area (Å²) in [7, 11) is 0. The molecule has 0 aromatic carbocycles. The summed E-state index contributed by atoms with van der Waals surface area (Å²) in [5, 5.41) is 0. The van der Waals surface area contributed by atoms with Crippen LogP contribution in [0.2, 0.25) is 0 Å². The van der Waals surface area contributed by atoms with Gasteiger partial charge in [-0.15, -0.1) is 0 Å². The number of quaternary nitrogens is 1. The summed E-state index contributed by atoms with van der Waals surface area (Å²) in [6.07, 6.45) is 0.611. The summed E-state index contributed by atoms with van der Waals surface area (Å²) in [4.78, 5) is 10.1. The van der Waals surface area contributed by atoms with Crippen LogP contribution >= 0.6 is 0 Å². The van der Waals surface area contributed by atoms with Crippen molar-refractivity contribution in [2.24, 2.45) is 5.92 Å². The third kappa shape index (κ3) is 5.63. The minimum atomic E-state index is 0.0370. The van der Waals surface area contributed by atoms with Gasteiger partial charge < -0.3 is 0 Å². The number of amides is 1. The highest BCUT2D eigenvalue weighted by Crippen LogP contribution is 1.94. The van der Waals surface area contributed by atoms with Crippen LogP contribution in [0.25, 0.3) is 0 Å². The van der Waals surface area contributed by atoms with Gasteiger partial charge >= 0.3 is 5.91 Å². The molecule has 0 radical (unpaired) electrons. The van der Waals surface area contributed by atoms with Crippen molar-refractivity contribution >= 4 is 5.91 Å². The second-order valence-corrected chi connectivity index (χ2v) is 2.14. The molecule has 0 atom stereocenters. The van der Waals surface area contributed by atoms with Crippen LogP contribution in [0.4, 0.5) is 0 Å². The third-order valence-electron chi connectivity index (χ3n) is 0.636. The summed E-state index contributed by atoms with van der Waals surface area (Å²) in [6, 6.07) is 0. The molecule has 0 unspecified atom stereocenters. The van der Waals surface area contributed by atoms with Crippen LogP contribution in [0, 0.1) is 5.92 Å². The normalized spacial score (nSPS) is 9.71. The van der Waals surface area contributed by atoms with E-state index in [9.17, 15) is 4.79 Å². The largest absolute Gasteiger partial charge is 0.309 e.